The number of aliphatic carboxylic acids is 1. The standard InChI is InChI=1S/C38H61N5O7/c1-5-25(4)36(43-33(45)15-11-16-35(47)48)38(50)42-31(22-27-17-18-27)37(49)41-30(20-24(2)3)32(44)23-34(46)40-29(28-14-9-10-19-39-28)21-26-12-7-6-8-13-26/h9-10,14,19,24-27,29-32,36,44H,5-8,11-13,15-18,20-23H2,1-4H3,(H,40,46)(H,41,49)(H,42,50)(H,43,45)(H,47,48)/t25?,29?,30-,31?,32-,36?/m0/s1. The van der Waals surface area contributed by atoms with E-state index in [1.54, 1.807) is 6.20 Å². The largest absolute Gasteiger partial charge is 0.481 e. The molecule has 1 aromatic heterocycles. The molecule has 0 radical (unpaired) electrons. The maximum absolute atomic E-state index is 13.8. The lowest BCUT2D eigenvalue weighted by atomic mass is 9.84. The Morgan fingerprint density at radius 1 is 0.840 bits per heavy atom. The number of aliphatic hydroxyl groups is 1. The Morgan fingerprint density at radius 3 is 2.14 bits per heavy atom. The molecule has 4 amide bonds. The first kappa shape index (κ1) is 40.9. The fourth-order valence-electron chi connectivity index (χ4n) is 6.81. The van der Waals surface area contributed by atoms with Gasteiger partial charge < -0.3 is 31.5 Å². The zero-order valence-corrected chi connectivity index (χ0v) is 30.5. The molecule has 0 aliphatic heterocycles. The van der Waals surface area contributed by atoms with E-state index in [9.17, 15) is 29.1 Å². The maximum Gasteiger partial charge on any atom is 0.303 e. The minimum atomic E-state index is -1.16. The monoisotopic (exact) mass is 699 g/mol. The van der Waals surface area contributed by atoms with Crippen LogP contribution in [-0.4, -0.2) is 69.0 Å². The van der Waals surface area contributed by atoms with E-state index < -0.39 is 47.9 Å². The van der Waals surface area contributed by atoms with Crippen LogP contribution in [0.4, 0.5) is 0 Å². The summed E-state index contributed by atoms with van der Waals surface area (Å²) in [4.78, 5) is 68.8. The van der Waals surface area contributed by atoms with Gasteiger partial charge in [0.1, 0.15) is 12.1 Å². The van der Waals surface area contributed by atoms with Gasteiger partial charge in [-0.3, -0.25) is 29.0 Å². The number of carbonyl (C=O) groups excluding carboxylic acids is 4. The van der Waals surface area contributed by atoms with Gasteiger partial charge in [-0.2, -0.15) is 0 Å². The third kappa shape index (κ3) is 14.7. The lowest BCUT2D eigenvalue weighted by Gasteiger charge is -2.30. The molecule has 12 heteroatoms. The van der Waals surface area contributed by atoms with E-state index >= 15 is 0 Å². The summed E-state index contributed by atoms with van der Waals surface area (Å²) in [5.74, 6) is -1.99. The Hall–Kier alpha value is -3.54. The molecule has 3 rings (SSSR count). The van der Waals surface area contributed by atoms with E-state index in [-0.39, 0.29) is 55.4 Å². The van der Waals surface area contributed by atoms with E-state index in [0.29, 0.717) is 25.2 Å². The van der Waals surface area contributed by atoms with Crippen LogP contribution in [0.25, 0.3) is 0 Å². The lowest BCUT2D eigenvalue weighted by molar-refractivity contribution is -0.137. The predicted molar refractivity (Wildman–Crippen MR) is 190 cm³/mol. The van der Waals surface area contributed by atoms with Crippen molar-refractivity contribution in [1.29, 1.82) is 0 Å². The van der Waals surface area contributed by atoms with E-state index in [4.69, 9.17) is 5.11 Å². The van der Waals surface area contributed by atoms with E-state index in [1.807, 2.05) is 45.9 Å². The van der Waals surface area contributed by atoms with Crippen molar-refractivity contribution < 1.29 is 34.2 Å². The molecule has 0 aromatic carbocycles. The molecule has 1 heterocycles. The number of nitrogens with zero attached hydrogens (tertiary/aromatic N) is 1. The molecule has 2 saturated carbocycles. The van der Waals surface area contributed by atoms with Gasteiger partial charge in [0.15, 0.2) is 0 Å². The molecular formula is C38H61N5O7. The number of pyridine rings is 1. The smallest absolute Gasteiger partial charge is 0.303 e. The number of carboxylic acids is 1. The third-order valence-electron chi connectivity index (χ3n) is 10.1. The van der Waals surface area contributed by atoms with Gasteiger partial charge >= 0.3 is 5.97 Å². The van der Waals surface area contributed by atoms with Crippen LogP contribution >= 0.6 is 0 Å². The summed E-state index contributed by atoms with van der Waals surface area (Å²) in [6, 6.07) is 2.89. The fourth-order valence-corrected chi connectivity index (χ4v) is 6.81. The molecule has 0 bridgehead atoms. The van der Waals surface area contributed by atoms with Gasteiger partial charge in [-0.25, -0.2) is 0 Å². The van der Waals surface area contributed by atoms with Gasteiger partial charge in [-0.05, 0) is 61.5 Å². The molecule has 2 aliphatic rings. The van der Waals surface area contributed by atoms with Crippen LogP contribution in [0.5, 0.6) is 0 Å². The van der Waals surface area contributed by atoms with Crippen molar-refractivity contribution in [1.82, 2.24) is 26.3 Å². The number of aromatic nitrogens is 1. The second kappa shape index (κ2) is 21.0. The molecule has 6 N–H and O–H groups in total. The molecule has 0 spiro atoms. The molecule has 1 aromatic rings. The highest BCUT2D eigenvalue weighted by molar-refractivity contribution is 5.92. The Kier molecular flexibility index (Phi) is 17.1. The second-order valence-electron chi connectivity index (χ2n) is 15.0. The van der Waals surface area contributed by atoms with Crippen molar-refractivity contribution in [2.75, 3.05) is 0 Å². The summed E-state index contributed by atoms with van der Waals surface area (Å²) in [6.45, 7) is 7.70. The van der Waals surface area contributed by atoms with Crippen LogP contribution in [0, 0.1) is 23.7 Å². The van der Waals surface area contributed by atoms with Crippen LogP contribution in [0.1, 0.15) is 136 Å². The van der Waals surface area contributed by atoms with Crippen molar-refractivity contribution in [2.45, 2.75) is 154 Å². The molecule has 280 valence electrons. The molecule has 50 heavy (non-hydrogen) atoms. The zero-order chi connectivity index (χ0) is 36.6. The molecule has 12 nitrogen and oxygen atoms in total. The van der Waals surface area contributed by atoms with E-state index in [0.717, 1.165) is 37.8 Å². The first-order valence-corrected chi connectivity index (χ1v) is 18.9. The van der Waals surface area contributed by atoms with Gasteiger partial charge in [0.05, 0.1) is 30.3 Å². The average molecular weight is 700 g/mol. The number of hydrogen-bond donors (Lipinski definition) is 6. The van der Waals surface area contributed by atoms with Crippen molar-refractivity contribution in [2.24, 2.45) is 23.7 Å². The van der Waals surface area contributed by atoms with Gasteiger partial charge in [-0.15, -0.1) is 0 Å². The fraction of sp³-hybridized carbons (Fsp3) is 0.737. The normalized spacial score (nSPS) is 18.6. The van der Waals surface area contributed by atoms with E-state index in [1.165, 1.54) is 19.3 Å². The van der Waals surface area contributed by atoms with Crippen molar-refractivity contribution in [3.05, 3.63) is 30.1 Å². The van der Waals surface area contributed by atoms with Gasteiger partial charge in [0.25, 0.3) is 0 Å². The summed E-state index contributed by atoms with van der Waals surface area (Å²) in [6.07, 6.45) is 10.4. The average Bonchev–Trinajstić information content (AvgIpc) is 3.90. The van der Waals surface area contributed by atoms with Gasteiger partial charge in [0, 0.05) is 19.0 Å². The number of nitrogens with one attached hydrogen (secondary N) is 4. The summed E-state index contributed by atoms with van der Waals surface area (Å²) >= 11 is 0. The van der Waals surface area contributed by atoms with Crippen molar-refractivity contribution >= 4 is 29.6 Å². The Morgan fingerprint density at radius 2 is 1.54 bits per heavy atom. The van der Waals surface area contributed by atoms with Gasteiger partial charge in [-0.1, -0.05) is 85.1 Å². The molecule has 4 unspecified atom stereocenters. The van der Waals surface area contributed by atoms with Gasteiger partial charge in [0.2, 0.25) is 23.6 Å². The van der Waals surface area contributed by atoms with Crippen molar-refractivity contribution in [3.8, 4) is 0 Å². The molecule has 6 atom stereocenters. The molecule has 0 saturated heterocycles. The molecule has 2 fully saturated rings. The van der Waals surface area contributed by atoms with E-state index in [2.05, 4.69) is 26.3 Å². The molecule has 2 aliphatic carbocycles. The van der Waals surface area contributed by atoms with Crippen LogP contribution in [0.2, 0.25) is 0 Å². The summed E-state index contributed by atoms with van der Waals surface area (Å²) in [5.41, 5.74) is 0.791. The van der Waals surface area contributed by atoms with Crippen LogP contribution in [0.15, 0.2) is 24.4 Å². The van der Waals surface area contributed by atoms with Crippen LogP contribution in [-0.2, 0) is 24.0 Å². The Bertz CT molecular complexity index is 1240. The topological polar surface area (TPSA) is 187 Å². The minimum absolute atomic E-state index is 0.0238. The number of carbonyl (C=O) groups is 5. The summed E-state index contributed by atoms with van der Waals surface area (Å²) in [5, 5.41) is 32.0. The highest BCUT2D eigenvalue weighted by Gasteiger charge is 2.36. The summed E-state index contributed by atoms with van der Waals surface area (Å²) < 4.78 is 0. The third-order valence-corrected chi connectivity index (χ3v) is 10.1. The number of hydrogen-bond acceptors (Lipinski definition) is 7. The van der Waals surface area contributed by atoms with Crippen LogP contribution < -0.4 is 21.3 Å². The highest BCUT2D eigenvalue weighted by Crippen LogP contribution is 2.34. The molecular weight excluding hydrogens is 638 g/mol. The SMILES string of the molecule is CCC(C)C(NC(=O)CCCC(=O)O)C(=O)NC(CC1CC1)C(=O)N[C@@H](CC(C)C)[C@@H](O)CC(=O)NC(CC1CCCCC1)c1ccccn1. The number of aliphatic hydroxyl groups excluding tert-OH is 1. The highest BCUT2D eigenvalue weighted by atomic mass is 16.4. The Labute approximate surface area is 297 Å². The number of carboxylic acid groups (broad SMARTS) is 1. The van der Waals surface area contributed by atoms with Crippen molar-refractivity contribution in [3.63, 3.8) is 0 Å². The minimum Gasteiger partial charge on any atom is -0.481 e. The first-order chi connectivity index (χ1) is 23.9. The quantitative estimate of drug-likeness (QED) is 0.102. The number of rotatable bonds is 22. The lowest BCUT2D eigenvalue weighted by Crippen LogP contribution is -2.57. The maximum atomic E-state index is 13.8. The zero-order valence-electron chi connectivity index (χ0n) is 30.5. The summed E-state index contributed by atoms with van der Waals surface area (Å²) in [7, 11) is 0. The van der Waals surface area contributed by atoms with Crippen LogP contribution in [0.3, 0.4) is 0 Å². The predicted octanol–water partition coefficient (Wildman–Crippen LogP) is 4.56. The Balaban J connectivity index is 1.67. The second-order valence-corrected chi connectivity index (χ2v) is 15.0. The number of amides is 4. The first-order valence-electron chi connectivity index (χ1n) is 18.9.